The summed E-state index contributed by atoms with van der Waals surface area (Å²) in [6, 6.07) is 27.2. The van der Waals surface area contributed by atoms with Crippen LogP contribution in [0.25, 0.3) is 0 Å². The lowest BCUT2D eigenvalue weighted by Crippen LogP contribution is -2.39. The number of benzene rings is 3. The Morgan fingerprint density at radius 1 is 0.704 bits per heavy atom. The SMILES string of the molecule is O=C1[C@@H]2[C@@H](C(=O)N1c1cccc(Br)c1)C2(c1ccccc1)c1ccccc1. The molecule has 1 heterocycles. The molecule has 3 aromatic rings. The van der Waals surface area contributed by atoms with Crippen molar-refractivity contribution in [2.24, 2.45) is 11.8 Å². The molecule has 2 fully saturated rings. The number of nitrogens with zero attached hydrogens (tertiary/aromatic N) is 1. The zero-order chi connectivity index (χ0) is 18.6. The van der Waals surface area contributed by atoms with Crippen molar-refractivity contribution in [3.8, 4) is 0 Å². The number of anilines is 1. The van der Waals surface area contributed by atoms with Gasteiger partial charge in [0.2, 0.25) is 11.8 Å². The van der Waals surface area contributed by atoms with E-state index in [0.717, 1.165) is 15.6 Å². The molecule has 0 N–H and O–H groups in total. The fourth-order valence-electron chi connectivity index (χ4n) is 4.63. The minimum absolute atomic E-state index is 0.115. The second-order valence-electron chi connectivity index (χ2n) is 7.05. The number of fused-ring (bicyclic) bond motifs is 1. The van der Waals surface area contributed by atoms with Gasteiger partial charge < -0.3 is 0 Å². The third-order valence-corrected chi connectivity index (χ3v) is 6.24. The van der Waals surface area contributed by atoms with Crippen molar-refractivity contribution in [1.29, 1.82) is 0 Å². The van der Waals surface area contributed by atoms with Crippen LogP contribution in [0.2, 0.25) is 0 Å². The Labute approximate surface area is 165 Å². The van der Waals surface area contributed by atoms with E-state index in [4.69, 9.17) is 0 Å². The lowest BCUT2D eigenvalue weighted by atomic mass is 9.83. The lowest BCUT2D eigenvalue weighted by molar-refractivity contribution is -0.124. The normalized spacial score (nSPS) is 22.6. The summed E-state index contributed by atoms with van der Waals surface area (Å²) in [4.78, 5) is 28.0. The van der Waals surface area contributed by atoms with E-state index in [1.807, 2.05) is 78.9 Å². The maximum absolute atomic E-state index is 13.3. The van der Waals surface area contributed by atoms with Crippen LogP contribution in [0.15, 0.2) is 89.4 Å². The molecule has 0 spiro atoms. The molecule has 0 aromatic heterocycles. The summed E-state index contributed by atoms with van der Waals surface area (Å²) in [7, 11) is 0. The number of imide groups is 1. The molecule has 3 aromatic carbocycles. The van der Waals surface area contributed by atoms with Gasteiger partial charge >= 0.3 is 0 Å². The van der Waals surface area contributed by atoms with Gasteiger partial charge in [0.1, 0.15) is 0 Å². The van der Waals surface area contributed by atoms with Crippen LogP contribution in [0.4, 0.5) is 5.69 Å². The van der Waals surface area contributed by atoms with E-state index in [0.29, 0.717) is 5.69 Å². The molecule has 27 heavy (non-hydrogen) atoms. The van der Waals surface area contributed by atoms with E-state index in [2.05, 4.69) is 15.9 Å². The first-order valence-corrected chi connectivity index (χ1v) is 9.69. The van der Waals surface area contributed by atoms with Gasteiger partial charge in [-0.2, -0.15) is 0 Å². The van der Waals surface area contributed by atoms with Crippen molar-refractivity contribution >= 4 is 33.4 Å². The highest BCUT2D eigenvalue weighted by Crippen LogP contribution is 2.68. The number of rotatable bonds is 3. The molecule has 1 saturated heterocycles. The first kappa shape index (κ1) is 16.5. The van der Waals surface area contributed by atoms with E-state index in [1.54, 1.807) is 6.07 Å². The summed E-state index contributed by atoms with van der Waals surface area (Å²) >= 11 is 3.42. The average molecular weight is 418 g/mol. The molecule has 2 aliphatic rings. The molecule has 3 nitrogen and oxygen atoms in total. The van der Waals surface area contributed by atoms with Gasteiger partial charge in [0.15, 0.2) is 0 Å². The summed E-state index contributed by atoms with van der Waals surface area (Å²) in [6.07, 6.45) is 0. The monoisotopic (exact) mass is 417 g/mol. The fraction of sp³-hybridized carbons (Fsp3) is 0.130. The van der Waals surface area contributed by atoms with Crippen LogP contribution in [0.1, 0.15) is 11.1 Å². The summed E-state index contributed by atoms with van der Waals surface area (Å²) in [5.74, 6) is -0.936. The van der Waals surface area contributed by atoms with Gasteiger partial charge in [0, 0.05) is 9.89 Å². The van der Waals surface area contributed by atoms with Crippen LogP contribution in [0.3, 0.4) is 0 Å². The van der Waals surface area contributed by atoms with Gasteiger partial charge in [0.25, 0.3) is 0 Å². The largest absolute Gasteiger partial charge is 0.274 e. The van der Waals surface area contributed by atoms with E-state index in [1.165, 1.54) is 4.90 Å². The Morgan fingerprint density at radius 2 is 1.22 bits per heavy atom. The smallest absolute Gasteiger partial charge is 0.239 e. The quantitative estimate of drug-likeness (QED) is 0.585. The number of amides is 2. The van der Waals surface area contributed by atoms with E-state index >= 15 is 0 Å². The zero-order valence-corrected chi connectivity index (χ0v) is 16.0. The van der Waals surface area contributed by atoms with Crippen molar-refractivity contribution in [1.82, 2.24) is 0 Å². The van der Waals surface area contributed by atoms with Crippen LogP contribution in [-0.4, -0.2) is 11.8 Å². The van der Waals surface area contributed by atoms with E-state index < -0.39 is 5.41 Å². The van der Waals surface area contributed by atoms with Gasteiger partial charge in [-0.15, -0.1) is 0 Å². The van der Waals surface area contributed by atoms with Crippen LogP contribution >= 0.6 is 15.9 Å². The molecule has 132 valence electrons. The number of hydrogen-bond donors (Lipinski definition) is 0. The minimum atomic E-state index is -0.556. The maximum Gasteiger partial charge on any atom is 0.239 e. The Bertz CT molecular complexity index is 985. The van der Waals surface area contributed by atoms with Crippen molar-refractivity contribution in [2.75, 3.05) is 4.90 Å². The highest BCUT2D eigenvalue weighted by Gasteiger charge is 2.78. The van der Waals surface area contributed by atoms with Crippen molar-refractivity contribution < 1.29 is 9.59 Å². The fourth-order valence-corrected chi connectivity index (χ4v) is 5.02. The van der Waals surface area contributed by atoms with Crippen molar-refractivity contribution in [3.63, 3.8) is 0 Å². The predicted octanol–water partition coefficient (Wildman–Crippen LogP) is 4.55. The van der Waals surface area contributed by atoms with Gasteiger partial charge in [-0.25, -0.2) is 4.90 Å². The van der Waals surface area contributed by atoms with E-state index in [9.17, 15) is 9.59 Å². The third kappa shape index (κ3) is 2.20. The second-order valence-corrected chi connectivity index (χ2v) is 7.96. The van der Waals surface area contributed by atoms with Crippen molar-refractivity contribution in [2.45, 2.75) is 5.41 Å². The summed E-state index contributed by atoms with van der Waals surface area (Å²) < 4.78 is 0.846. The highest BCUT2D eigenvalue weighted by molar-refractivity contribution is 9.10. The number of carbonyl (C=O) groups excluding carboxylic acids is 2. The molecular weight excluding hydrogens is 402 g/mol. The Kier molecular flexibility index (Phi) is 3.59. The zero-order valence-electron chi connectivity index (χ0n) is 14.4. The van der Waals surface area contributed by atoms with Crippen molar-refractivity contribution in [3.05, 3.63) is 101 Å². The molecule has 1 saturated carbocycles. The summed E-state index contributed by atoms with van der Waals surface area (Å²) in [6.45, 7) is 0. The number of piperidine rings is 1. The second kappa shape index (κ2) is 5.89. The lowest BCUT2D eigenvalue weighted by Gasteiger charge is -2.26. The summed E-state index contributed by atoms with van der Waals surface area (Å²) in [5, 5.41) is 0. The Balaban J connectivity index is 1.63. The molecule has 2 amide bonds. The minimum Gasteiger partial charge on any atom is -0.274 e. The molecule has 4 heteroatoms. The Hall–Kier alpha value is -2.72. The number of hydrogen-bond acceptors (Lipinski definition) is 2. The van der Waals surface area contributed by atoms with Gasteiger partial charge in [-0.1, -0.05) is 82.7 Å². The number of carbonyl (C=O) groups is 2. The molecule has 2 atom stereocenters. The highest BCUT2D eigenvalue weighted by atomic mass is 79.9. The molecule has 1 aliphatic heterocycles. The van der Waals surface area contributed by atoms with Gasteiger partial charge in [-0.3, -0.25) is 9.59 Å². The Morgan fingerprint density at radius 3 is 1.70 bits per heavy atom. The maximum atomic E-state index is 13.3. The standard InChI is InChI=1S/C23H16BrNO2/c24-17-12-7-13-18(14-17)25-21(26)19-20(22(25)27)23(19,15-8-3-1-4-9-15)16-10-5-2-6-11-16/h1-14,19-20H/t19-,20-/m0/s1. The predicted molar refractivity (Wildman–Crippen MR) is 107 cm³/mol. The molecular formula is C23H16BrNO2. The van der Waals surface area contributed by atoms with Gasteiger partial charge in [0.05, 0.1) is 17.5 Å². The van der Waals surface area contributed by atoms with Crippen LogP contribution < -0.4 is 4.90 Å². The van der Waals surface area contributed by atoms with E-state index in [-0.39, 0.29) is 23.7 Å². The topological polar surface area (TPSA) is 37.4 Å². The first-order valence-electron chi connectivity index (χ1n) is 8.90. The average Bonchev–Trinajstić information content (AvgIpc) is 3.33. The molecule has 0 unspecified atom stereocenters. The third-order valence-electron chi connectivity index (χ3n) is 5.75. The molecule has 0 bridgehead atoms. The van der Waals surface area contributed by atoms with Gasteiger partial charge in [-0.05, 0) is 29.3 Å². The molecule has 1 aliphatic carbocycles. The number of halogens is 1. The first-order chi connectivity index (χ1) is 13.2. The summed E-state index contributed by atoms with van der Waals surface area (Å²) in [5.41, 5.74) is 2.13. The van der Waals surface area contributed by atoms with Crippen LogP contribution in [0, 0.1) is 11.8 Å². The molecule has 5 rings (SSSR count). The molecule has 0 radical (unpaired) electrons. The van der Waals surface area contributed by atoms with Crippen LogP contribution in [0.5, 0.6) is 0 Å². The van der Waals surface area contributed by atoms with Crippen LogP contribution in [-0.2, 0) is 15.0 Å².